The maximum Gasteiger partial charge on any atom is 0.233 e. The zero-order valence-corrected chi connectivity index (χ0v) is 13.5. The average Bonchev–Trinajstić information content (AvgIpc) is 2.46. The van der Waals surface area contributed by atoms with Crippen LogP contribution in [0.4, 0.5) is 0 Å². The summed E-state index contributed by atoms with van der Waals surface area (Å²) in [6.07, 6.45) is 0.875. The summed E-state index contributed by atoms with van der Waals surface area (Å²) in [5.41, 5.74) is 1.07. The van der Waals surface area contributed by atoms with Crippen LogP contribution in [0.15, 0.2) is 30.3 Å². The lowest BCUT2D eigenvalue weighted by atomic mass is 10.1. The highest BCUT2D eigenvalue weighted by Gasteiger charge is 2.14. The van der Waals surface area contributed by atoms with E-state index in [-0.39, 0.29) is 11.8 Å². The molecule has 0 saturated heterocycles. The van der Waals surface area contributed by atoms with Gasteiger partial charge in [-0.05, 0) is 17.9 Å². The van der Waals surface area contributed by atoms with E-state index in [1.807, 2.05) is 44.2 Å². The Labute approximate surface area is 132 Å². The van der Waals surface area contributed by atoms with E-state index in [1.54, 1.807) is 0 Å². The fraction of sp³-hybridized carbons (Fsp3) is 0.500. The number of hydrogen-bond donors (Lipinski definition) is 3. The maximum absolute atomic E-state index is 11.9. The summed E-state index contributed by atoms with van der Waals surface area (Å²) in [7, 11) is 0. The van der Waals surface area contributed by atoms with Crippen LogP contribution in [0.5, 0.6) is 0 Å². The zero-order chi connectivity index (χ0) is 15.7. The Morgan fingerprint density at radius 1 is 1.14 bits per heavy atom. The highest BCUT2D eigenvalue weighted by atomic mass is 32.1. The molecule has 1 atom stereocenters. The van der Waals surface area contributed by atoms with Crippen LogP contribution in [0.3, 0.4) is 0 Å². The molecule has 1 aromatic rings. The molecule has 0 aliphatic rings. The third-order valence-corrected chi connectivity index (χ3v) is 3.35. The van der Waals surface area contributed by atoms with Crippen LogP contribution < -0.4 is 10.6 Å². The first-order valence-corrected chi connectivity index (χ1v) is 7.77. The number of benzene rings is 1. The number of carbonyl (C=O) groups is 2. The van der Waals surface area contributed by atoms with E-state index in [0.717, 1.165) is 5.56 Å². The first-order chi connectivity index (χ1) is 9.99. The molecule has 5 heteroatoms. The molecule has 0 heterocycles. The van der Waals surface area contributed by atoms with E-state index in [0.29, 0.717) is 31.8 Å². The van der Waals surface area contributed by atoms with Crippen molar-refractivity contribution in [2.75, 3.05) is 13.1 Å². The highest BCUT2D eigenvalue weighted by molar-refractivity contribution is 7.81. The smallest absolute Gasteiger partial charge is 0.233 e. The fourth-order valence-electron chi connectivity index (χ4n) is 1.75. The van der Waals surface area contributed by atoms with Crippen molar-refractivity contribution in [2.45, 2.75) is 31.9 Å². The summed E-state index contributed by atoms with van der Waals surface area (Å²) >= 11 is 4.32. The highest BCUT2D eigenvalue weighted by Crippen LogP contribution is 2.07. The second kappa shape index (κ2) is 9.45. The molecule has 1 aromatic carbocycles. The largest absolute Gasteiger partial charge is 0.356 e. The van der Waals surface area contributed by atoms with Gasteiger partial charge in [-0.1, -0.05) is 44.2 Å². The third kappa shape index (κ3) is 7.75. The minimum absolute atomic E-state index is 0.0391. The average molecular weight is 308 g/mol. The molecule has 0 aromatic heterocycles. The second-order valence-corrected chi connectivity index (χ2v) is 6.07. The van der Waals surface area contributed by atoms with E-state index >= 15 is 0 Å². The van der Waals surface area contributed by atoms with Gasteiger partial charge in [0.05, 0.1) is 5.25 Å². The first-order valence-electron chi connectivity index (χ1n) is 7.25. The van der Waals surface area contributed by atoms with Crippen LogP contribution in [0.25, 0.3) is 0 Å². The molecule has 0 aliphatic heterocycles. The molecule has 0 saturated carbocycles. The standard InChI is InChI=1S/C16H24N2O2S/c1-12(2)11-18-15(19)8-9-17-16(20)14(21)10-13-6-4-3-5-7-13/h3-7,12,14,21H,8-11H2,1-2H3,(H,17,20)(H,18,19). The molecule has 4 nitrogen and oxygen atoms in total. The van der Waals surface area contributed by atoms with E-state index in [9.17, 15) is 9.59 Å². The summed E-state index contributed by atoms with van der Waals surface area (Å²) in [5, 5.41) is 5.16. The molecular formula is C16H24N2O2S. The minimum Gasteiger partial charge on any atom is -0.356 e. The van der Waals surface area contributed by atoms with Gasteiger partial charge in [-0.25, -0.2) is 0 Å². The number of thiol groups is 1. The van der Waals surface area contributed by atoms with Gasteiger partial charge in [-0.2, -0.15) is 12.6 Å². The maximum atomic E-state index is 11.9. The molecule has 0 spiro atoms. The molecule has 1 unspecified atom stereocenters. The third-order valence-electron chi connectivity index (χ3n) is 2.93. The van der Waals surface area contributed by atoms with Crippen LogP contribution in [-0.4, -0.2) is 30.2 Å². The quantitative estimate of drug-likeness (QED) is 0.642. The van der Waals surface area contributed by atoms with Crippen molar-refractivity contribution in [1.29, 1.82) is 0 Å². The molecular weight excluding hydrogens is 284 g/mol. The molecule has 0 radical (unpaired) electrons. The molecule has 2 amide bonds. The molecule has 1 rings (SSSR count). The van der Waals surface area contributed by atoms with E-state index in [2.05, 4.69) is 23.3 Å². The van der Waals surface area contributed by atoms with Crippen LogP contribution in [0.1, 0.15) is 25.8 Å². The van der Waals surface area contributed by atoms with Gasteiger partial charge in [0.2, 0.25) is 11.8 Å². The summed E-state index contributed by atoms with van der Waals surface area (Å²) in [6, 6.07) is 9.75. The van der Waals surface area contributed by atoms with Gasteiger partial charge < -0.3 is 10.6 Å². The van der Waals surface area contributed by atoms with E-state index < -0.39 is 5.25 Å². The summed E-state index contributed by atoms with van der Waals surface area (Å²) in [5.74, 6) is 0.248. The van der Waals surface area contributed by atoms with Crippen molar-refractivity contribution >= 4 is 24.4 Å². The Morgan fingerprint density at radius 3 is 2.43 bits per heavy atom. The Kier molecular flexibility index (Phi) is 7.90. The van der Waals surface area contributed by atoms with Crippen molar-refractivity contribution < 1.29 is 9.59 Å². The first kappa shape index (κ1) is 17.6. The molecule has 21 heavy (non-hydrogen) atoms. The van der Waals surface area contributed by atoms with E-state index in [4.69, 9.17) is 0 Å². The Hall–Kier alpha value is -1.49. The monoisotopic (exact) mass is 308 g/mol. The normalized spacial score (nSPS) is 12.0. The Bertz CT molecular complexity index is 449. The lowest BCUT2D eigenvalue weighted by Gasteiger charge is -2.12. The van der Waals surface area contributed by atoms with Gasteiger partial charge in [0.25, 0.3) is 0 Å². The minimum atomic E-state index is -0.397. The molecule has 0 bridgehead atoms. The van der Waals surface area contributed by atoms with Crippen molar-refractivity contribution in [3.8, 4) is 0 Å². The second-order valence-electron chi connectivity index (χ2n) is 5.44. The van der Waals surface area contributed by atoms with Crippen molar-refractivity contribution in [3.05, 3.63) is 35.9 Å². The van der Waals surface area contributed by atoms with Gasteiger partial charge >= 0.3 is 0 Å². The van der Waals surface area contributed by atoms with Crippen LogP contribution in [0, 0.1) is 5.92 Å². The lowest BCUT2D eigenvalue weighted by Crippen LogP contribution is -2.36. The molecule has 2 N–H and O–H groups in total. The Balaban J connectivity index is 2.22. The number of rotatable bonds is 8. The topological polar surface area (TPSA) is 58.2 Å². The predicted octanol–water partition coefficient (Wildman–Crippen LogP) is 1.81. The zero-order valence-electron chi connectivity index (χ0n) is 12.6. The van der Waals surface area contributed by atoms with Crippen LogP contribution >= 0.6 is 12.6 Å². The lowest BCUT2D eigenvalue weighted by molar-refractivity contribution is -0.122. The van der Waals surface area contributed by atoms with Gasteiger partial charge in [-0.3, -0.25) is 9.59 Å². The van der Waals surface area contributed by atoms with Crippen LogP contribution in [-0.2, 0) is 16.0 Å². The van der Waals surface area contributed by atoms with Gasteiger partial charge in [0.15, 0.2) is 0 Å². The van der Waals surface area contributed by atoms with Crippen molar-refractivity contribution in [2.24, 2.45) is 5.92 Å². The van der Waals surface area contributed by atoms with Crippen molar-refractivity contribution in [3.63, 3.8) is 0 Å². The summed E-state index contributed by atoms with van der Waals surface area (Å²) in [4.78, 5) is 23.4. The SMILES string of the molecule is CC(C)CNC(=O)CCNC(=O)C(S)Cc1ccccc1. The summed E-state index contributed by atoms with van der Waals surface area (Å²) < 4.78 is 0. The Morgan fingerprint density at radius 2 is 1.81 bits per heavy atom. The number of nitrogens with one attached hydrogen (secondary N) is 2. The molecule has 0 aliphatic carbocycles. The van der Waals surface area contributed by atoms with Crippen LogP contribution in [0.2, 0.25) is 0 Å². The summed E-state index contributed by atoms with van der Waals surface area (Å²) in [6.45, 7) is 5.08. The molecule has 0 fully saturated rings. The number of amides is 2. The predicted molar refractivity (Wildman–Crippen MR) is 88.4 cm³/mol. The van der Waals surface area contributed by atoms with Gasteiger partial charge in [0.1, 0.15) is 0 Å². The number of carbonyl (C=O) groups excluding carboxylic acids is 2. The van der Waals surface area contributed by atoms with Crippen molar-refractivity contribution in [1.82, 2.24) is 10.6 Å². The van der Waals surface area contributed by atoms with E-state index in [1.165, 1.54) is 0 Å². The number of hydrogen-bond acceptors (Lipinski definition) is 3. The van der Waals surface area contributed by atoms with Gasteiger partial charge in [0, 0.05) is 19.5 Å². The fourth-order valence-corrected chi connectivity index (χ4v) is 2.06. The van der Waals surface area contributed by atoms with Gasteiger partial charge in [-0.15, -0.1) is 0 Å². The molecule has 116 valence electrons.